The van der Waals surface area contributed by atoms with Crippen LogP contribution in [0.1, 0.15) is 19.8 Å². The lowest BCUT2D eigenvalue weighted by molar-refractivity contribution is -0.141. The summed E-state index contributed by atoms with van der Waals surface area (Å²) in [6, 6.07) is 3.43. The minimum absolute atomic E-state index is 0.0408. The van der Waals surface area contributed by atoms with Crippen molar-refractivity contribution in [2.24, 2.45) is 0 Å². The first kappa shape index (κ1) is 14.0. The maximum atomic E-state index is 11.6. The van der Waals surface area contributed by atoms with Crippen LogP contribution in [0.4, 0.5) is 5.82 Å². The Kier molecular flexibility index (Phi) is 5.63. The maximum absolute atomic E-state index is 11.6. The van der Waals surface area contributed by atoms with Gasteiger partial charge in [-0.05, 0) is 19.1 Å². The molecule has 0 bridgehead atoms. The third kappa shape index (κ3) is 4.40. The minimum Gasteiger partial charge on any atom is -0.490 e. The predicted molar refractivity (Wildman–Crippen MR) is 65.3 cm³/mol. The average molecular weight is 252 g/mol. The molecule has 1 N–H and O–H groups in total. The fourth-order valence-electron chi connectivity index (χ4n) is 1.27. The smallest absolute Gasteiger partial charge is 0.306 e. The Labute approximate surface area is 105 Å². The fourth-order valence-corrected chi connectivity index (χ4v) is 1.27. The van der Waals surface area contributed by atoms with Crippen LogP contribution in [0.2, 0.25) is 0 Å². The van der Waals surface area contributed by atoms with Gasteiger partial charge in [-0.3, -0.25) is 9.59 Å². The third-order valence-electron chi connectivity index (χ3n) is 2.11. The molecule has 1 heterocycles. The Balaban J connectivity index is 2.56. The van der Waals surface area contributed by atoms with E-state index in [2.05, 4.69) is 15.0 Å². The van der Waals surface area contributed by atoms with E-state index in [1.165, 1.54) is 7.11 Å². The highest BCUT2D eigenvalue weighted by Gasteiger charge is 2.10. The van der Waals surface area contributed by atoms with Crippen LogP contribution < -0.4 is 10.1 Å². The van der Waals surface area contributed by atoms with Gasteiger partial charge >= 0.3 is 5.97 Å². The van der Waals surface area contributed by atoms with Crippen molar-refractivity contribution in [2.75, 3.05) is 19.0 Å². The van der Waals surface area contributed by atoms with E-state index in [-0.39, 0.29) is 18.7 Å². The maximum Gasteiger partial charge on any atom is 0.306 e. The van der Waals surface area contributed by atoms with Crippen molar-refractivity contribution in [3.05, 3.63) is 18.3 Å². The second kappa shape index (κ2) is 7.26. The number of esters is 1. The summed E-state index contributed by atoms with van der Waals surface area (Å²) in [6.07, 6.45) is 1.65. The monoisotopic (exact) mass is 252 g/mol. The Morgan fingerprint density at radius 1 is 1.39 bits per heavy atom. The lowest BCUT2D eigenvalue weighted by Gasteiger charge is -2.09. The zero-order valence-corrected chi connectivity index (χ0v) is 10.4. The van der Waals surface area contributed by atoms with Crippen molar-refractivity contribution in [3.8, 4) is 5.75 Å². The lowest BCUT2D eigenvalue weighted by Crippen LogP contribution is -2.15. The van der Waals surface area contributed by atoms with Crippen molar-refractivity contribution in [1.29, 1.82) is 0 Å². The summed E-state index contributed by atoms with van der Waals surface area (Å²) in [5, 5.41) is 2.59. The normalized spacial score (nSPS) is 9.67. The van der Waals surface area contributed by atoms with Gasteiger partial charge in [0.25, 0.3) is 0 Å². The number of aromatic nitrogens is 1. The molecule has 0 aromatic carbocycles. The highest BCUT2D eigenvalue weighted by molar-refractivity contribution is 5.92. The van der Waals surface area contributed by atoms with E-state index in [4.69, 9.17) is 4.74 Å². The molecule has 6 nitrogen and oxygen atoms in total. The van der Waals surface area contributed by atoms with E-state index in [0.29, 0.717) is 18.2 Å². The zero-order chi connectivity index (χ0) is 13.4. The van der Waals surface area contributed by atoms with Crippen molar-refractivity contribution >= 4 is 17.7 Å². The van der Waals surface area contributed by atoms with Gasteiger partial charge in [-0.2, -0.15) is 0 Å². The molecule has 1 rings (SSSR count). The van der Waals surface area contributed by atoms with Crippen LogP contribution in [0.25, 0.3) is 0 Å². The van der Waals surface area contributed by atoms with Crippen molar-refractivity contribution in [2.45, 2.75) is 19.8 Å². The number of rotatable bonds is 6. The first-order chi connectivity index (χ1) is 8.67. The Morgan fingerprint density at radius 3 is 2.83 bits per heavy atom. The molecule has 6 heteroatoms. The lowest BCUT2D eigenvalue weighted by atomic mass is 10.3. The van der Waals surface area contributed by atoms with Gasteiger partial charge in [0.05, 0.1) is 20.1 Å². The van der Waals surface area contributed by atoms with Crippen molar-refractivity contribution in [3.63, 3.8) is 0 Å². The zero-order valence-electron chi connectivity index (χ0n) is 10.4. The predicted octanol–water partition coefficient (Wildman–Crippen LogP) is 1.37. The molecule has 18 heavy (non-hydrogen) atoms. The largest absolute Gasteiger partial charge is 0.490 e. The number of carbonyl (C=O) groups excluding carboxylic acids is 2. The molecule has 1 amide bonds. The number of nitrogens with zero attached hydrogens (tertiary/aromatic N) is 1. The minimum atomic E-state index is -0.420. The standard InChI is InChI=1S/C12H16N2O4/c1-3-18-9-5-4-8-13-12(9)14-10(15)6-7-11(16)17-2/h4-5,8H,3,6-7H2,1-2H3,(H,13,14,15). The molecule has 0 saturated heterocycles. The highest BCUT2D eigenvalue weighted by Crippen LogP contribution is 2.20. The molecule has 0 aliphatic rings. The second-order valence-electron chi connectivity index (χ2n) is 3.41. The molecule has 1 aromatic heterocycles. The van der Waals surface area contributed by atoms with E-state index in [9.17, 15) is 9.59 Å². The Bertz CT molecular complexity index is 420. The van der Waals surface area contributed by atoms with Gasteiger partial charge < -0.3 is 14.8 Å². The molecule has 0 aliphatic heterocycles. The summed E-state index contributed by atoms with van der Waals surface area (Å²) < 4.78 is 9.77. The van der Waals surface area contributed by atoms with Gasteiger partial charge in [0, 0.05) is 12.6 Å². The van der Waals surface area contributed by atoms with Crippen molar-refractivity contribution < 1.29 is 19.1 Å². The quantitative estimate of drug-likeness (QED) is 0.774. The topological polar surface area (TPSA) is 77.5 Å². The molecule has 0 saturated carbocycles. The summed E-state index contributed by atoms with van der Waals surface area (Å²) in [5.41, 5.74) is 0. The highest BCUT2D eigenvalue weighted by atomic mass is 16.5. The number of nitrogens with one attached hydrogen (secondary N) is 1. The molecule has 0 unspecified atom stereocenters. The SMILES string of the molecule is CCOc1cccnc1NC(=O)CCC(=O)OC. The molecule has 0 fully saturated rings. The summed E-state index contributed by atoms with van der Waals surface area (Å²) in [7, 11) is 1.28. The van der Waals surface area contributed by atoms with E-state index in [0.717, 1.165) is 0 Å². The molecule has 0 spiro atoms. The van der Waals surface area contributed by atoms with E-state index >= 15 is 0 Å². The van der Waals surface area contributed by atoms with Gasteiger partial charge in [-0.15, -0.1) is 0 Å². The number of amides is 1. The first-order valence-corrected chi connectivity index (χ1v) is 5.61. The second-order valence-corrected chi connectivity index (χ2v) is 3.41. The van der Waals surface area contributed by atoms with Gasteiger partial charge in [0.2, 0.25) is 5.91 Å². The van der Waals surface area contributed by atoms with Crippen molar-refractivity contribution in [1.82, 2.24) is 4.98 Å². The molecule has 1 aromatic rings. The molecule has 0 atom stereocenters. The Hall–Kier alpha value is -2.11. The number of methoxy groups -OCH3 is 1. The summed E-state index contributed by atoms with van der Waals surface area (Å²) in [6.45, 7) is 2.33. The van der Waals surface area contributed by atoms with E-state index in [1.54, 1.807) is 18.3 Å². The number of hydrogen-bond acceptors (Lipinski definition) is 5. The molecule has 98 valence electrons. The van der Waals surface area contributed by atoms with Crippen LogP contribution in [0, 0.1) is 0 Å². The molecule has 0 radical (unpaired) electrons. The number of carbonyl (C=O) groups is 2. The van der Waals surface area contributed by atoms with Crippen LogP contribution in [0.3, 0.4) is 0 Å². The van der Waals surface area contributed by atoms with Crippen LogP contribution in [0.15, 0.2) is 18.3 Å². The fraction of sp³-hybridized carbons (Fsp3) is 0.417. The van der Waals surface area contributed by atoms with E-state index in [1.807, 2.05) is 6.92 Å². The number of hydrogen-bond donors (Lipinski definition) is 1. The average Bonchev–Trinajstić information content (AvgIpc) is 2.38. The van der Waals surface area contributed by atoms with Gasteiger partial charge in [0.15, 0.2) is 11.6 Å². The van der Waals surface area contributed by atoms with Crippen LogP contribution in [0.5, 0.6) is 5.75 Å². The van der Waals surface area contributed by atoms with Gasteiger partial charge in [0.1, 0.15) is 0 Å². The van der Waals surface area contributed by atoms with E-state index < -0.39 is 5.97 Å². The molecule has 0 aliphatic carbocycles. The number of pyridine rings is 1. The molecular formula is C12H16N2O4. The summed E-state index contributed by atoms with van der Waals surface area (Å²) >= 11 is 0. The van der Waals surface area contributed by atoms with Gasteiger partial charge in [-0.25, -0.2) is 4.98 Å². The first-order valence-electron chi connectivity index (χ1n) is 5.61. The van der Waals surface area contributed by atoms with Gasteiger partial charge in [-0.1, -0.05) is 0 Å². The van der Waals surface area contributed by atoms with Crippen LogP contribution in [-0.4, -0.2) is 30.6 Å². The third-order valence-corrected chi connectivity index (χ3v) is 2.11. The Morgan fingerprint density at radius 2 is 2.17 bits per heavy atom. The van der Waals surface area contributed by atoms with Crippen LogP contribution >= 0.6 is 0 Å². The number of anilines is 1. The summed E-state index contributed by atoms with van der Waals surface area (Å²) in [5.74, 6) is 0.136. The van der Waals surface area contributed by atoms with Crippen LogP contribution in [-0.2, 0) is 14.3 Å². The molecular weight excluding hydrogens is 236 g/mol. The summed E-state index contributed by atoms with van der Waals surface area (Å²) in [4.78, 5) is 26.5. The number of ether oxygens (including phenoxy) is 2.